The largest absolute Gasteiger partial charge is 0.560 e. The third-order valence-corrected chi connectivity index (χ3v) is 3.59. The molecule has 1 aliphatic rings. The number of carboxylic acid groups (broad SMARTS) is 1. The number of nitrogens with one attached hydrogen (secondary N) is 1. The minimum absolute atomic E-state index is 0.108. The maximum absolute atomic E-state index is 12.0. The Morgan fingerprint density at radius 1 is 1.43 bits per heavy atom. The Bertz CT molecular complexity index is 718. The number of amides is 1. The highest BCUT2D eigenvalue weighted by atomic mass is 16.4. The number of hydrogen-bond acceptors (Lipinski definition) is 4. The Morgan fingerprint density at radius 3 is 3.04 bits per heavy atom. The van der Waals surface area contributed by atoms with Gasteiger partial charge in [0.1, 0.15) is 5.75 Å². The van der Waals surface area contributed by atoms with E-state index in [1.54, 1.807) is 35.3 Å². The molecule has 0 saturated carbocycles. The van der Waals surface area contributed by atoms with Crippen molar-refractivity contribution in [1.82, 2.24) is 15.1 Å². The Labute approximate surface area is 133 Å². The molecule has 1 atom stereocenters. The van der Waals surface area contributed by atoms with Crippen molar-refractivity contribution in [2.24, 2.45) is 0 Å². The number of nitrogens with zero attached hydrogens (tertiary/aromatic N) is 2. The number of carbonyl (C=O) groups excluding carboxylic acids is 1. The van der Waals surface area contributed by atoms with Crippen LogP contribution in [0.2, 0.25) is 0 Å². The van der Waals surface area contributed by atoms with Crippen molar-refractivity contribution in [2.75, 3.05) is 0 Å². The molecule has 1 aliphatic heterocycles. The predicted molar refractivity (Wildman–Crippen MR) is 82.3 cm³/mol. The fourth-order valence-electron chi connectivity index (χ4n) is 2.50. The van der Waals surface area contributed by atoms with Crippen molar-refractivity contribution >= 4 is 19.4 Å². The lowest BCUT2D eigenvalue weighted by Gasteiger charge is -2.26. The lowest BCUT2D eigenvalue weighted by molar-refractivity contribution is -0.121. The van der Waals surface area contributed by atoms with E-state index < -0.39 is 5.97 Å². The van der Waals surface area contributed by atoms with Crippen molar-refractivity contribution in [1.29, 1.82) is 0 Å². The Kier molecular flexibility index (Phi) is 4.32. The lowest BCUT2D eigenvalue weighted by Crippen LogP contribution is -2.45. The van der Waals surface area contributed by atoms with Crippen LogP contribution in [0.5, 0.6) is 5.75 Å². The van der Waals surface area contributed by atoms with Gasteiger partial charge in [-0.2, -0.15) is 5.10 Å². The number of rotatable bonds is 5. The second-order valence-corrected chi connectivity index (χ2v) is 5.25. The van der Waals surface area contributed by atoms with Gasteiger partial charge in [0, 0.05) is 31.3 Å². The Balaban J connectivity index is 1.58. The van der Waals surface area contributed by atoms with Crippen LogP contribution in [0.4, 0.5) is 0 Å². The van der Waals surface area contributed by atoms with Crippen LogP contribution in [-0.4, -0.2) is 40.2 Å². The Hall–Kier alpha value is -2.77. The smallest absolute Gasteiger partial charge is 0.394 e. The molecule has 1 aromatic heterocycles. The number of aromatic carboxylic acids is 1. The first kappa shape index (κ1) is 15.1. The minimum Gasteiger partial charge on any atom is -0.560 e. The summed E-state index contributed by atoms with van der Waals surface area (Å²) in [6.07, 6.45) is 4.28. The summed E-state index contributed by atoms with van der Waals surface area (Å²) in [4.78, 5) is 23.1. The summed E-state index contributed by atoms with van der Waals surface area (Å²) in [5.74, 6) is -1.07. The maximum Gasteiger partial charge on any atom is 0.394 e. The third kappa shape index (κ3) is 3.53. The number of hydrogen-bond donors (Lipinski definition) is 2. The number of aryl methyl sites for hydroxylation is 1. The molecule has 3 rings (SSSR count). The second kappa shape index (κ2) is 6.56. The molecule has 0 spiro atoms. The van der Waals surface area contributed by atoms with Gasteiger partial charge in [-0.25, -0.2) is 4.79 Å². The van der Waals surface area contributed by atoms with E-state index >= 15 is 0 Å². The summed E-state index contributed by atoms with van der Waals surface area (Å²) in [7, 11) is 1.47. The van der Waals surface area contributed by atoms with Crippen molar-refractivity contribution < 1.29 is 19.3 Å². The normalized spacial score (nSPS) is 15.9. The van der Waals surface area contributed by atoms with Gasteiger partial charge in [-0.3, -0.25) is 9.48 Å². The number of carbonyl (C=O) groups is 2. The highest BCUT2D eigenvalue weighted by Crippen LogP contribution is 2.28. The summed E-state index contributed by atoms with van der Waals surface area (Å²) < 4.78 is 7.13. The van der Waals surface area contributed by atoms with E-state index in [-0.39, 0.29) is 17.4 Å². The molecule has 0 bridgehead atoms. The van der Waals surface area contributed by atoms with Gasteiger partial charge in [-0.05, 0) is 24.1 Å². The molecule has 1 unspecified atom stereocenters. The number of carboxylic acids is 1. The van der Waals surface area contributed by atoms with Gasteiger partial charge >= 0.3 is 13.5 Å². The molecule has 1 amide bonds. The van der Waals surface area contributed by atoms with E-state index in [0.29, 0.717) is 25.1 Å². The average Bonchev–Trinajstić information content (AvgIpc) is 3.05. The number of fused-ring (bicyclic) bond motifs is 1. The van der Waals surface area contributed by atoms with Crippen LogP contribution >= 0.6 is 0 Å². The zero-order chi connectivity index (χ0) is 16.2. The predicted octanol–water partition coefficient (Wildman–Crippen LogP) is 0.668. The zero-order valence-corrected chi connectivity index (χ0v) is 12.3. The van der Waals surface area contributed by atoms with Crippen LogP contribution in [0.3, 0.4) is 0 Å². The van der Waals surface area contributed by atoms with Crippen LogP contribution in [0.15, 0.2) is 36.7 Å². The molecule has 8 heteroatoms. The standard InChI is InChI=1S/C15H15BN3O4/c20-13(5-8-19-7-2-6-17-19)18-12-9-10-3-1-4-11(15(21)22)14(10)23-16-12/h1-4,6-7,12H,5,8-9H2,(H,18,20)(H,21,22). The SMILES string of the molecule is O=C(CCn1cccn1)NC1[B]Oc2c(cccc2C(=O)O)C1. The molecule has 1 radical (unpaired) electrons. The van der Waals surface area contributed by atoms with E-state index in [0.717, 1.165) is 5.56 Å². The second-order valence-electron chi connectivity index (χ2n) is 5.25. The highest BCUT2D eigenvalue weighted by molar-refractivity contribution is 6.32. The van der Waals surface area contributed by atoms with Gasteiger partial charge in [0.15, 0.2) is 0 Å². The molecule has 2 aromatic rings. The summed E-state index contributed by atoms with van der Waals surface area (Å²) in [5.41, 5.74) is 0.895. The molecular weight excluding hydrogens is 297 g/mol. The Morgan fingerprint density at radius 2 is 2.30 bits per heavy atom. The molecule has 23 heavy (non-hydrogen) atoms. The summed E-state index contributed by atoms with van der Waals surface area (Å²) in [6, 6.07) is 6.78. The first-order valence-electron chi connectivity index (χ1n) is 7.25. The molecule has 0 fully saturated rings. The monoisotopic (exact) mass is 312 g/mol. The molecule has 2 heterocycles. The highest BCUT2D eigenvalue weighted by Gasteiger charge is 2.27. The minimum atomic E-state index is -1.03. The fourth-order valence-corrected chi connectivity index (χ4v) is 2.50. The van der Waals surface area contributed by atoms with Crippen LogP contribution in [0.1, 0.15) is 22.3 Å². The summed E-state index contributed by atoms with van der Waals surface area (Å²) >= 11 is 0. The van der Waals surface area contributed by atoms with E-state index in [2.05, 4.69) is 10.4 Å². The van der Waals surface area contributed by atoms with E-state index in [1.165, 1.54) is 13.5 Å². The zero-order valence-electron chi connectivity index (χ0n) is 12.3. The summed E-state index contributed by atoms with van der Waals surface area (Å²) in [5, 5.41) is 16.0. The number of benzene rings is 1. The molecule has 2 N–H and O–H groups in total. The van der Waals surface area contributed by atoms with Crippen LogP contribution < -0.4 is 9.97 Å². The van der Waals surface area contributed by atoms with Crippen LogP contribution in [0.25, 0.3) is 0 Å². The quantitative estimate of drug-likeness (QED) is 0.792. The van der Waals surface area contributed by atoms with Gasteiger partial charge in [0.2, 0.25) is 5.91 Å². The van der Waals surface area contributed by atoms with Gasteiger partial charge < -0.3 is 15.1 Å². The van der Waals surface area contributed by atoms with Crippen molar-refractivity contribution in [3.8, 4) is 5.75 Å². The van der Waals surface area contributed by atoms with E-state index in [4.69, 9.17) is 9.76 Å². The third-order valence-electron chi connectivity index (χ3n) is 3.59. The van der Waals surface area contributed by atoms with Gasteiger partial charge in [0.05, 0.1) is 5.56 Å². The van der Waals surface area contributed by atoms with Gasteiger partial charge in [-0.1, -0.05) is 12.1 Å². The van der Waals surface area contributed by atoms with Crippen molar-refractivity contribution in [3.05, 3.63) is 47.8 Å². The first-order valence-corrected chi connectivity index (χ1v) is 7.25. The number of para-hydroxylation sites is 1. The molecular formula is C15H15BN3O4. The van der Waals surface area contributed by atoms with Crippen molar-refractivity contribution in [2.45, 2.75) is 25.3 Å². The van der Waals surface area contributed by atoms with E-state index in [9.17, 15) is 9.59 Å². The first-order chi connectivity index (χ1) is 11.1. The molecule has 0 aliphatic carbocycles. The number of aromatic nitrogens is 2. The fraction of sp³-hybridized carbons (Fsp3) is 0.267. The van der Waals surface area contributed by atoms with Gasteiger partial charge in [-0.15, -0.1) is 0 Å². The molecule has 1 aromatic carbocycles. The molecule has 117 valence electrons. The average molecular weight is 312 g/mol. The van der Waals surface area contributed by atoms with Crippen LogP contribution in [-0.2, 0) is 17.8 Å². The molecule has 7 nitrogen and oxygen atoms in total. The maximum atomic E-state index is 12.0. The topological polar surface area (TPSA) is 93.5 Å². The van der Waals surface area contributed by atoms with Crippen LogP contribution in [0, 0.1) is 0 Å². The van der Waals surface area contributed by atoms with Gasteiger partial charge in [0.25, 0.3) is 0 Å². The molecule has 0 saturated heterocycles. The van der Waals surface area contributed by atoms with E-state index in [1.807, 2.05) is 0 Å². The summed E-state index contributed by atoms with van der Waals surface area (Å²) in [6.45, 7) is 0.506. The lowest BCUT2D eigenvalue weighted by atomic mass is 9.79. The van der Waals surface area contributed by atoms with Crippen molar-refractivity contribution in [3.63, 3.8) is 0 Å².